The van der Waals surface area contributed by atoms with E-state index in [1.54, 1.807) is 7.05 Å². The van der Waals surface area contributed by atoms with Gasteiger partial charge in [0.05, 0.1) is 0 Å². The van der Waals surface area contributed by atoms with E-state index in [2.05, 4.69) is 22.5 Å². The molecule has 1 atom stereocenters. The molecular weight excluding hydrogens is 226 g/mol. The van der Waals surface area contributed by atoms with Gasteiger partial charge in [-0.05, 0) is 24.6 Å². The maximum atomic E-state index is 11.4. The van der Waals surface area contributed by atoms with E-state index >= 15 is 0 Å². The molecule has 0 saturated carbocycles. The molecule has 0 unspecified atom stereocenters. The third-order valence-electron chi connectivity index (χ3n) is 3.30. The summed E-state index contributed by atoms with van der Waals surface area (Å²) in [6.07, 6.45) is 0. The Bertz CT molecular complexity index is 402. The predicted molar refractivity (Wildman–Crippen MR) is 72.6 cm³/mol. The number of hydrogen-bond donors (Lipinski definition) is 2. The van der Waals surface area contributed by atoms with Crippen LogP contribution in [0.25, 0.3) is 0 Å². The molecule has 18 heavy (non-hydrogen) atoms. The Morgan fingerprint density at radius 3 is 2.78 bits per heavy atom. The zero-order valence-electron chi connectivity index (χ0n) is 11.1. The number of nitrogens with one attached hydrogen (secondary N) is 2. The number of piperazine rings is 1. The van der Waals surface area contributed by atoms with Gasteiger partial charge in [-0.2, -0.15) is 0 Å². The highest BCUT2D eigenvalue weighted by Crippen LogP contribution is 2.09. The molecule has 4 heteroatoms. The predicted octanol–water partition coefficient (Wildman–Crippen LogP) is 0.840. The molecule has 0 radical (unpaired) electrons. The van der Waals surface area contributed by atoms with Crippen molar-refractivity contribution in [3.05, 3.63) is 35.4 Å². The minimum Gasteiger partial charge on any atom is -0.355 e. The minimum absolute atomic E-state index is 0.0302. The van der Waals surface area contributed by atoms with Crippen molar-refractivity contribution in [2.75, 3.05) is 26.7 Å². The molecule has 0 aliphatic carbocycles. The molecule has 2 N–H and O–H groups in total. The van der Waals surface area contributed by atoms with Gasteiger partial charge < -0.3 is 10.6 Å². The van der Waals surface area contributed by atoms with Crippen molar-refractivity contribution in [1.82, 2.24) is 15.5 Å². The molecule has 4 nitrogen and oxygen atoms in total. The van der Waals surface area contributed by atoms with E-state index in [0.717, 1.165) is 31.7 Å². The van der Waals surface area contributed by atoms with Gasteiger partial charge in [0, 0.05) is 44.8 Å². The van der Waals surface area contributed by atoms with Crippen LogP contribution in [0.5, 0.6) is 0 Å². The highest BCUT2D eigenvalue weighted by atomic mass is 16.1. The standard InChI is InChI=1S/C14H21N3O/c1-11-9-17(8-7-16-11)10-12-3-5-13(6-4-12)14(18)15-2/h3-6,11,16H,7-10H2,1-2H3,(H,15,18)/t11-/m1/s1. The van der Waals surface area contributed by atoms with Gasteiger partial charge in [-0.15, -0.1) is 0 Å². The number of carbonyl (C=O) groups excluding carboxylic acids is 1. The topological polar surface area (TPSA) is 44.4 Å². The van der Waals surface area contributed by atoms with Crippen LogP contribution in [0.1, 0.15) is 22.8 Å². The van der Waals surface area contributed by atoms with E-state index in [-0.39, 0.29) is 5.91 Å². The van der Waals surface area contributed by atoms with E-state index in [9.17, 15) is 4.79 Å². The van der Waals surface area contributed by atoms with Crippen LogP contribution in [0.4, 0.5) is 0 Å². The van der Waals surface area contributed by atoms with Crippen molar-refractivity contribution in [3.8, 4) is 0 Å². The smallest absolute Gasteiger partial charge is 0.251 e. The fraction of sp³-hybridized carbons (Fsp3) is 0.500. The van der Waals surface area contributed by atoms with Gasteiger partial charge >= 0.3 is 0 Å². The van der Waals surface area contributed by atoms with Crippen molar-refractivity contribution in [2.45, 2.75) is 19.5 Å². The molecule has 1 aliphatic rings. The number of benzene rings is 1. The molecule has 98 valence electrons. The van der Waals surface area contributed by atoms with Crippen molar-refractivity contribution in [1.29, 1.82) is 0 Å². The molecule has 1 heterocycles. The second-order valence-corrected chi connectivity index (χ2v) is 4.87. The number of rotatable bonds is 3. The van der Waals surface area contributed by atoms with Crippen LogP contribution in [0.3, 0.4) is 0 Å². The lowest BCUT2D eigenvalue weighted by Gasteiger charge is -2.31. The van der Waals surface area contributed by atoms with Gasteiger partial charge in [-0.1, -0.05) is 12.1 Å². The Balaban J connectivity index is 1.95. The zero-order valence-corrected chi connectivity index (χ0v) is 11.1. The fourth-order valence-electron chi connectivity index (χ4n) is 2.32. The van der Waals surface area contributed by atoms with Crippen LogP contribution in [-0.2, 0) is 6.54 Å². The largest absolute Gasteiger partial charge is 0.355 e. The number of hydrogen-bond acceptors (Lipinski definition) is 3. The van der Waals surface area contributed by atoms with Crippen LogP contribution in [-0.4, -0.2) is 43.5 Å². The van der Waals surface area contributed by atoms with Crippen molar-refractivity contribution in [3.63, 3.8) is 0 Å². The van der Waals surface area contributed by atoms with E-state index in [1.165, 1.54) is 5.56 Å². The normalized spacial score (nSPS) is 20.7. The number of carbonyl (C=O) groups is 1. The average molecular weight is 247 g/mol. The summed E-state index contributed by atoms with van der Waals surface area (Å²) in [5.74, 6) is -0.0302. The molecule has 2 rings (SSSR count). The third-order valence-corrected chi connectivity index (χ3v) is 3.30. The minimum atomic E-state index is -0.0302. The summed E-state index contributed by atoms with van der Waals surface area (Å²) >= 11 is 0. The number of nitrogens with zero attached hydrogens (tertiary/aromatic N) is 1. The lowest BCUT2D eigenvalue weighted by molar-refractivity contribution is 0.0963. The molecular formula is C14H21N3O. The first-order chi connectivity index (χ1) is 8.69. The second kappa shape index (κ2) is 5.98. The SMILES string of the molecule is CNC(=O)c1ccc(CN2CCN[C@H](C)C2)cc1. The molecule has 0 aromatic heterocycles. The van der Waals surface area contributed by atoms with Gasteiger partial charge in [-0.3, -0.25) is 9.69 Å². The summed E-state index contributed by atoms with van der Waals surface area (Å²) in [6.45, 7) is 6.39. The van der Waals surface area contributed by atoms with Crippen molar-refractivity contribution in [2.24, 2.45) is 0 Å². The molecule has 1 aliphatic heterocycles. The summed E-state index contributed by atoms with van der Waals surface area (Å²) in [4.78, 5) is 13.9. The van der Waals surface area contributed by atoms with E-state index in [1.807, 2.05) is 24.3 Å². The van der Waals surface area contributed by atoms with E-state index in [4.69, 9.17) is 0 Å². The summed E-state index contributed by atoms with van der Waals surface area (Å²) < 4.78 is 0. The first-order valence-corrected chi connectivity index (χ1v) is 6.46. The second-order valence-electron chi connectivity index (χ2n) is 4.87. The Hall–Kier alpha value is -1.39. The summed E-state index contributed by atoms with van der Waals surface area (Å²) in [5, 5.41) is 6.07. The summed E-state index contributed by atoms with van der Waals surface area (Å²) in [5.41, 5.74) is 1.98. The van der Waals surface area contributed by atoms with Crippen LogP contribution in [0.2, 0.25) is 0 Å². The molecule has 0 bridgehead atoms. The van der Waals surface area contributed by atoms with Crippen LogP contribution >= 0.6 is 0 Å². The molecule has 1 aromatic rings. The van der Waals surface area contributed by atoms with E-state index in [0.29, 0.717) is 6.04 Å². The summed E-state index contributed by atoms with van der Waals surface area (Å²) in [6, 6.07) is 8.41. The van der Waals surface area contributed by atoms with Crippen molar-refractivity contribution >= 4 is 5.91 Å². The van der Waals surface area contributed by atoms with Gasteiger partial charge in [0.1, 0.15) is 0 Å². The summed E-state index contributed by atoms with van der Waals surface area (Å²) in [7, 11) is 1.65. The Labute approximate surface area is 108 Å². The first-order valence-electron chi connectivity index (χ1n) is 6.46. The highest BCUT2D eigenvalue weighted by molar-refractivity contribution is 5.93. The van der Waals surface area contributed by atoms with E-state index < -0.39 is 0 Å². The molecule has 1 saturated heterocycles. The maximum Gasteiger partial charge on any atom is 0.251 e. The maximum absolute atomic E-state index is 11.4. The Morgan fingerprint density at radius 2 is 2.17 bits per heavy atom. The average Bonchev–Trinajstić information content (AvgIpc) is 2.39. The quantitative estimate of drug-likeness (QED) is 0.832. The van der Waals surface area contributed by atoms with Crippen LogP contribution in [0, 0.1) is 0 Å². The fourth-order valence-corrected chi connectivity index (χ4v) is 2.32. The molecule has 1 aromatic carbocycles. The van der Waals surface area contributed by atoms with Crippen LogP contribution < -0.4 is 10.6 Å². The van der Waals surface area contributed by atoms with Gasteiger partial charge in [-0.25, -0.2) is 0 Å². The van der Waals surface area contributed by atoms with Gasteiger partial charge in [0.2, 0.25) is 0 Å². The Morgan fingerprint density at radius 1 is 1.44 bits per heavy atom. The van der Waals surface area contributed by atoms with Gasteiger partial charge in [0.15, 0.2) is 0 Å². The van der Waals surface area contributed by atoms with Crippen molar-refractivity contribution < 1.29 is 4.79 Å². The van der Waals surface area contributed by atoms with Gasteiger partial charge in [0.25, 0.3) is 5.91 Å². The molecule has 0 spiro atoms. The monoisotopic (exact) mass is 247 g/mol. The Kier molecular flexibility index (Phi) is 4.33. The third kappa shape index (κ3) is 3.31. The number of amides is 1. The first kappa shape index (κ1) is 13.1. The zero-order chi connectivity index (χ0) is 13.0. The highest BCUT2D eigenvalue weighted by Gasteiger charge is 2.15. The molecule has 1 amide bonds. The lowest BCUT2D eigenvalue weighted by atomic mass is 10.1. The van der Waals surface area contributed by atoms with Crippen LogP contribution in [0.15, 0.2) is 24.3 Å². The lowest BCUT2D eigenvalue weighted by Crippen LogP contribution is -2.48. The molecule has 1 fully saturated rings.